The van der Waals surface area contributed by atoms with Gasteiger partial charge in [-0.05, 0) is 42.0 Å². The van der Waals surface area contributed by atoms with Crippen molar-refractivity contribution in [3.8, 4) is 22.8 Å². The topological polar surface area (TPSA) is 106 Å². The van der Waals surface area contributed by atoms with Crippen LogP contribution in [0.1, 0.15) is 10.4 Å². The lowest BCUT2D eigenvalue weighted by Gasteiger charge is -2.11. The summed E-state index contributed by atoms with van der Waals surface area (Å²) < 4.78 is 0. The van der Waals surface area contributed by atoms with Gasteiger partial charge in [0.2, 0.25) is 0 Å². The molecular weight excluding hydrogens is 316 g/mol. The molecule has 0 bridgehead atoms. The number of carboxylic acid groups (broad SMARTS) is 1. The average Bonchev–Trinajstić information content (AvgIpc) is 2.95. The molecular formula is C16H11N2O4S-. The Labute approximate surface area is 135 Å². The van der Waals surface area contributed by atoms with E-state index in [1.54, 1.807) is 17.5 Å². The van der Waals surface area contributed by atoms with Gasteiger partial charge in [-0.2, -0.15) is 0 Å². The van der Waals surface area contributed by atoms with Crippen LogP contribution in [-0.2, 0) is 0 Å². The summed E-state index contributed by atoms with van der Waals surface area (Å²) >= 11 is 1.30. The molecule has 23 heavy (non-hydrogen) atoms. The maximum Gasteiger partial charge on any atom is 0.335 e. The second kappa shape index (κ2) is 5.98. The van der Waals surface area contributed by atoms with Crippen LogP contribution in [0.2, 0.25) is 0 Å². The first-order valence-corrected chi connectivity index (χ1v) is 7.47. The van der Waals surface area contributed by atoms with Gasteiger partial charge in [0.15, 0.2) is 5.13 Å². The molecule has 0 aliphatic heterocycles. The molecule has 0 radical (unpaired) electrons. The third-order valence-corrected chi connectivity index (χ3v) is 3.86. The molecule has 2 aromatic carbocycles. The average molecular weight is 327 g/mol. The molecule has 7 heteroatoms. The van der Waals surface area contributed by atoms with Crippen LogP contribution >= 0.6 is 11.3 Å². The van der Waals surface area contributed by atoms with E-state index >= 15 is 0 Å². The summed E-state index contributed by atoms with van der Waals surface area (Å²) in [4.78, 5) is 15.3. The van der Waals surface area contributed by atoms with Crippen LogP contribution in [0.5, 0.6) is 11.5 Å². The largest absolute Gasteiger partial charge is 0.872 e. The second-order valence-corrected chi connectivity index (χ2v) is 5.59. The third-order valence-electron chi connectivity index (χ3n) is 3.11. The first-order valence-electron chi connectivity index (χ1n) is 6.59. The minimum Gasteiger partial charge on any atom is -0.872 e. The molecule has 116 valence electrons. The van der Waals surface area contributed by atoms with E-state index in [0.29, 0.717) is 22.1 Å². The molecule has 0 saturated heterocycles. The Morgan fingerprint density at radius 1 is 1.22 bits per heavy atom. The molecule has 3 aromatic rings. The fourth-order valence-electron chi connectivity index (χ4n) is 2.03. The summed E-state index contributed by atoms with van der Waals surface area (Å²) in [5.41, 5.74) is 1.66. The van der Waals surface area contributed by atoms with Crippen LogP contribution in [-0.4, -0.2) is 21.2 Å². The summed E-state index contributed by atoms with van der Waals surface area (Å²) in [5.74, 6) is -1.40. The highest BCUT2D eigenvalue weighted by molar-refractivity contribution is 7.14. The van der Waals surface area contributed by atoms with Gasteiger partial charge in [0.25, 0.3) is 0 Å². The number of anilines is 2. The standard InChI is InChI=1S/C16H12N2O4S/c19-11-4-5-12(14(20)7-11)13-8-23-16(18-13)17-10-3-1-2-9(6-10)15(21)22/h1-8,19-20H,(H,17,18)(H,21,22)/p-1. The summed E-state index contributed by atoms with van der Waals surface area (Å²) in [6.07, 6.45) is 0. The Bertz CT molecular complexity index is 876. The monoisotopic (exact) mass is 327 g/mol. The van der Waals surface area contributed by atoms with Gasteiger partial charge < -0.3 is 20.6 Å². The van der Waals surface area contributed by atoms with E-state index in [-0.39, 0.29) is 17.1 Å². The number of hydrogen-bond donors (Lipinski definition) is 3. The number of hydrogen-bond acceptors (Lipinski definition) is 6. The van der Waals surface area contributed by atoms with Crippen LogP contribution in [0.3, 0.4) is 0 Å². The molecule has 0 aliphatic rings. The first-order chi connectivity index (χ1) is 11.0. The molecule has 1 heterocycles. The van der Waals surface area contributed by atoms with Gasteiger partial charge in [0.05, 0.1) is 11.3 Å². The number of aromatic hydroxyl groups is 1. The summed E-state index contributed by atoms with van der Waals surface area (Å²) in [7, 11) is 0. The summed E-state index contributed by atoms with van der Waals surface area (Å²) in [5, 5.41) is 35.4. The summed E-state index contributed by atoms with van der Waals surface area (Å²) in [6, 6.07) is 10.5. The molecule has 3 N–H and O–H groups in total. The van der Waals surface area contributed by atoms with Crippen molar-refractivity contribution in [2.24, 2.45) is 0 Å². The zero-order chi connectivity index (χ0) is 16.4. The highest BCUT2D eigenvalue weighted by Crippen LogP contribution is 2.33. The van der Waals surface area contributed by atoms with Crippen molar-refractivity contribution in [1.29, 1.82) is 0 Å². The molecule has 0 unspecified atom stereocenters. The number of rotatable bonds is 4. The molecule has 6 nitrogen and oxygen atoms in total. The van der Waals surface area contributed by atoms with Crippen molar-refractivity contribution >= 4 is 28.1 Å². The minimum absolute atomic E-state index is 0.0854. The lowest BCUT2D eigenvalue weighted by molar-refractivity contribution is -0.267. The van der Waals surface area contributed by atoms with Crippen molar-refractivity contribution in [3.05, 3.63) is 53.4 Å². The predicted molar refractivity (Wildman–Crippen MR) is 85.3 cm³/mol. The number of carboxylic acids is 1. The van der Waals surface area contributed by atoms with E-state index in [1.807, 2.05) is 0 Å². The normalized spacial score (nSPS) is 10.4. The number of aromatic nitrogens is 1. The van der Waals surface area contributed by atoms with Gasteiger partial charge >= 0.3 is 5.97 Å². The minimum atomic E-state index is -1.01. The molecule has 0 amide bonds. The Morgan fingerprint density at radius 3 is 2.78 bits per heavy atom. The quantitative estimate of drug-likeness (QED) is 0.680. The van der Waals surface area contributed by atoms with Crippen molar-refractivity contribution in [1.82, 2.24) is 4.98 Å². The van der Waals surface area contributed by atoms with Gasteiger partial charge in [0.1, 0.15) is 5.75 Å². The lowest BCUT2D eigenvalue weighted by Crippen LogP contribution is -1.97. The Hall–Kier alpha value is -3.06. The molecule has 1 aromatic heterocycles. The fraction of sp³-hybridized carbons (Fsp3) is 0. The first kappa shape index (κ1) is 14.9. The number of benzene rings is 2. The lowest BCUT2D eigenvalue weighted by atomic mass is 10.1. The number of phenolic OH excluding ortho intramolecular Hbond substituents is 1. The van der Waals surface area contributed by atoms with Crippen LogP contribution in [0.25, 0.3) is 11.3 Å². The molecule has 0 atom stereocenters. The number of thiazole rings is 1. The van der Waals surface area contributed by atoms with E-state index < -0.39 is 5.97 Å². The number of aromatic carboxylic acids is 1. The third kappa shape index (κ3) is 3.24. The number of phenols is 1. The maximum atomic E-state index is 11.8. The van der Waals surface area contributed by atoms with Gasteiger partial charge in [0, 0.05) is 11.1 Å². The van der Waals surface area contributed by atoms with Gasteiger partial charge in [-0.1, -0.05) is 11.8 Å². The second-order valence-electron chi connectivity index (χ2n) is 4.73. The van der Waals surface area contributed by atoms with E-state index in [1.165, 1.54) is 35.6 Å². The molecule has 0 spiro atoms. The summed E-state index contributed by atoms with van der Waals surface area (Å²) in [6.45, 7) is 0. The zero-order valence-corrected chi connectivity index (χ0v) is 12.5. The Kier molecular flexibility index (Phi) is 3.86. The van der Waals surface area contributed by atoms with Crippen LogP contribution in [0.15, 0.2) is 47.8 Å². The molecule has 0 fully saturated rings. The van der Waals surface area contributed by atoms with E-state index in [0.717, 1.165) is 6.07 Å². The Balaban J connectivity index is 1.85. The van der Waals surface area contributed by atoms with Crippen molar-refractivity contribution in [2.45, 2.75) is 0 Å². The van der Waals surface area contributed by atoms with Crippen molar-refractivity contribution in [3.63, 3.8) is 0 Å². The fourth-order valence-corrected chi connectivity index (χ4v) is 2.76. The Morgan fingerprint density at radius 2 is 2.04 bits per heavy atom. The smallest absolute Gasteiger partial charge is 0.335 e. The van der Waals surface area contributed by atoms with Gasteiger partial charge in [-0.25, -0.2) is 9.78 Å². The zero-order valence-electron chi connectivity index (χ0n) is 11.7. The predicted octanol–water partition coefficient (Wildman–Crippen LogP) is 3.03. The molecule has 0 aliphatic carbocycles. The SMILES string of the molecule is O=C(O)c1cccc(Nc2nc(-c3ccc(O)cc3[O-])cs2)c1. The molecule has 0 saturated carbocycles. The van der Waals surface area contributed by atoms with Crippen LogP contribution in [0.4, 0.5) is 10.8 Å². The highest BCUT2D eigenvalue weighted by Gasteiger charge is 2.08. The van der Waals surface area contributed by atoms with Crippen LogP contribution in [0, 0.1) is 0 Å². The highest BCUT2D eigenvalue weighted by atomic mass is 32.1. The van der Waals surface area contributed by atoms with Gasteiger partial charge in [-0.15, -0.1) is 11.3 Å². The number of nitrogens with one attached hydrogen (secondary N) is 1. The van der Waals surface area contributed by atoms with E-state index in [4.69, 9.17) is 5.11 Å². The van der Waals surface area contributed by atoms with Crippen molar-refractivity contribution < 1.29 is 20.1 Å². The van der Waals surface area contributed by atoms with E-state index in [2.05, 4.69) is 10.3 Å². The van der Waals surface area contributed by atoms with Crippen LogP contribution < -0.4 is 10.4 Å². The maximum absolute atomic E-state index is 11.8. The number of carbonyl (C=O) groups is 1. The van der Waals surface area contributed by atoms with E-state index in [9.17, 15) is 15.0 Å². The van der Waals surface area contributed by atoms with Crippen molar-refractivity contribution in [2.75, 3.05) is 5.32 Å². The molecule has 3 rings (SSSR count). The van der Waals surface area contributed by atoms with Gasteiger partial charge in [-0.3, -0.25) is 0 Å². The number of nitrogens with zero attached hydrogens (tertiary/aromatic N) is 1.